The first kappa shape index (κ1) is 40.7. The molecule has 0 fully saturated rings. The Morgan fingerprint density at radius 1 is 0.864 bits per heavy atom. The number of aromatic nitrogens is 8. The summed E-state index contributed by atoms with van der Waals surface area (Å²) in [5, 5.41) is 18.4. The minimum atomic E-state index is -0.654. The minimum absolute atomic E-state index is 0.169. The topological polar surface area (TPSA) is 211 Å². The fourth-order valence-corrected chi connectivity index (χ4v) is 7.66. The van der Waals surface area contributed by atoms with Gasteiger partial charge in [0.2, 0.25) is 17.8 Å². The lowest BCUT2D eigenvalue weighted by atomic mass is 10.0. The summed E-state index contributed by atoms with van der Waals surface area (Å²) >= 11 is 0. The number of amides is 4. The number of nitrogens with zero attached hydrogens (tertiary/aromatic N) is 8. The number of hydrogen-bond donors (Lipinski definition) is 4. The summed E-state index contributed by atoms with van der Waals surface area (Å²) in [6.07, 6.45) is 3.76. The Bertz CT molecular complexity index is 2570. The Balaban J connectivity index is 1.26. The number of ether oxygens (including phenoxy) is 1. The fraction of sp³-hybridized carbons (Fsp3) is 0.429. The third kappa shape index (κ3) is 8.83. The Morgan fingerprint density at radius 2 is 1.58 bits per heavy atom. The smallest absolute Gasteiger partial charge is 0.407 e. The number of aryl methyl sites for hydroxylation is 6. The number of alkyl carbamates (subject to hydrolysis) is 1. The van der Waals surface area contributed by atoms with Crippen molar-refractivity contribution in [2.45, 2.75) is 118 Å². The van der Waals surface area contributed by atoms with Gasteiger partial charge in [-0.3, -0.25) is 34.4 Å². The van der Waals surface area contributed by atoms with Crippen LogP contribution in [-0.4, -0.2) is 68.1 Å². The third-order valence-corrected chi connectivity index (χ3v) is 10.4. The average molecular weight is 805 g/mol. The number of carbonyl (C=O) groups excluding carboxylic acids is 4. The zero-order valence-electron chi connectivity index (χ0n) is 34.5. The van der Waals surface area contributed by atoms with Crippen LogP contribution in [0.4, 0.5) is 16.7 Å². The molecule has 6 aromatic rings. The van der Waals surface area contributed by atoms with Crippen molar-refractivity contribution < 1.29 is 23.9 Å². The Morgan fingerprint density at radius 3 is 2.31 bits per heavy atom. The molecule has 0 aliphatic carbocycles. The lowest BCUT2D eigenvalue weighted by molar-refractivity contribution is 0.0523. The van der Waals surface area contributed by atoms with Gasteiger partial charge >= 0.3 is 6.09 Å². The molecule has 0 saturated carbocycles. The molecule has 0 spiro atoms. The predicted molar refractivity (Wildman–Crippen MR) is 223 cm³/mol. The molecule has 0 atom stereocenters. The van der Waals surface area contributed by atoms with E-state index in [1.54, 1.807) is 54.4 Å². The number of anilines is 2. The van der Waals surface area contributed by atoms with Gasteiger partial charge in [0.1, 0.15) is 17.0 Å². The maximum atomic E-state index is 14.2. The molecule has 7 rings (SSSR count). The van der Waals surface area contributed by atoms with Crippen molar-refractivity contribution in [3.05, 3.63) is 81.9 Å². The lowest BCUT2D eigenvalue weighted by Crippen LogP contribution is -2.32. The molecule has 0 unspecified atom stereocenters. The SMILES string of the molecule is CCn1nc(C)c2c1C(=O)Nc1nc3cc(C(N)=O)ccc3n1CCCCn1c(nc3c(CNC(=O)OC(C)(C)C)cccc31)NC(=O)c1cc(C)nn1CCCCC2. The highest BCUT2D eigenvalue weighted by Crippen LogP contribution is 2.28. The maximum absolute atomic E-state index is 14.2. The quantitative estimate of drug-likeness (QED) is 0.158. The van der Waals surface area contributed by atoms with Crippen LogP contribution < -0.4 is 21.7 Å². The van der Waals surface area contributed by atoms with E-state index in [2.05, 4.69) is 21.0 Å². The van der Waals surface area contributed by atoms with Crippen molar-refractivity contribution >= 4 is 57.8 Å². The van der Waals surface area contributed by atoms with Crippen molar-refractivity contribution in [2.75, 3.05) is 10.6 Å². The normalized spacial score (nSPS) is 14.7. The molecule has 0 radical (unpaired) electrons. The number of imidazole rings is 2. The number of benzene rings is 2. The molecule has 4 aromatic heterocycles. The summed E-state index contributed by atoms with van der Waals surface area (Å²) in [4.78, 5) is 62.7. The van der Waals surface area contributed by atoms with E-state index < -0.39 is 17.6 Å². The van der Waals surface area contributed by atoms with Gasteiger partial charge in [0.15, 0.2) is 0 Å². The Labute approximate surface area is 341 Å². The van der Waals surface area contributed by atoms with Crippen LogP contribution in [0.15, 0.2) is 42.5 Å². The van der Waals surface area contributed by atoms with E-state index in [9.17, 15) is 19.2 Å². The molecule has 1 aliphatic rings. The van der Waals surface area contributed by atoms with Crippen LogP contribution in [0.1, 0.15) is 114 Å². The summed E-state index contributed by atoms with van der Waals surface area (Å²) < 4.78 is 12.9. The number of nitrogens with one attached hydrogen (secondary N) is 3. The van der Waals surface area contributed by atoms with Crippen molar-refractivity contribution in [3.63, 3.8) is 0 Å². The van der Waals surface area contributed by atoms with Crippen LogP contribution in [0.5, 0.6) is 0 Å². The largest absolute Gasteiger partial charge is 0.444 e. The van der Waals surface area contributed by atoms with E-state index in [1.807, 2.05) is 48.1 Å². The number of para-hydroxylation sites is 1. The fourth-order valence-electron chi connectivity index (χ4n) is 7.66. The van der Waals surface area contributed by atoms with Gasteiger partial charge in [-0.15, -0.1) is 0 Å². The predicted octanol–water partition coefficient (Wildman–Crippen LogP) is 6.25. The van der Waals surface area contributed by atoms with Gasteiger partial charge in [0.05, 0.1) is 33.5 Å². The first-order chi connectivity index (χ1) is 28.2. The molecule has 310 valence electrons. The molecular weight excluding hydrogens is 753 g/mol. The van der Waals surface area contributed by atoms with Crippen molar-refractivity contribution in [2.24, 2.45) is 5.73 Å². The van der Waals surface area contributed by atoms with Crippen LogP contribution in [0.2, 0.25) is 0 Å². The standard InChI is InChI=1S/C42H52N12O5/c1-7-53-35-29(26(3)50-53)15-9-8-10-21-54-33(22-25(2)49-54)37(56)47-40-46-34-28(24-44-41(58)59-42(4,5)6)14-13-16-32(34)52(40)20-12-11-19-51-31-18-17-27(36(43)55)23-30(31)45-39(51)48-38(35)57/h13-14,16-18,22-23H,7-12,15,19-21,24H2,1-6H3,(H2,43,55)(H,44,58)(H,45,48,57)(H,46,47,56). The number of carbonyl (C=O) groups is 4. The van der Waals surface area contributed by atoms with Crippen molar-refractivity contribution in [3.8, 4) is 0 Å². The van der Waals surface area contributed by atoms with Crippen LogP contribution in [0, 0.1) is 13.8 Å². The van der Waals surface area contributed by atoms with E-state index in [0.29, 0.717) is 85.3 Å². The van der Waals surface area contributed by atoms with E-state index in [1.165, 1.54) is 0 Å². The second kappa shape index (κ2) is 16.8. The number of hydrogen-bond acceptors (Lipinski definition) is 9. The molecule has 17 nitrogen and oxygen atoms in total. The van der Waals surface area contributed by atoms with E-state index in [4.69, 9.17) is 25.5 Å². The highest BCUT2D eigenvalue weighted by atomic mass is 16.6. The molecule has 0 bridgehead atoms. The second-order valence-corrected chi connectivity index (χ2v) is 15.9. The summed E-state index contributed by atoms with van der Waals surface area (Å²) in [7, 11) is 0. The van der Waals surface area contributed by atoms with Gasteiger partial charge in [0.25, 0.3) is 11.8 Å². The van der Waals surface area contributed by atoms with Gasteiger partial charge in [-0.05, 0) is 110 Å². The van der Waals surface area contributed by atoms with Gasteiger partial charge in [0, 0.05) is 43.9 Å². The van der Waals surface area contributed by atoms with Crippen LogP contribution in [0.25, 0.3) is 22.1 Å². The zero-order valence-corrected chi connectivity index (χ0v) is 34.5. The summed E-state index contributed by atoms with van der Waals surface area (Å²) in [6, 6.07) is 12.6. The molecule has 5 heterocycles. The van der Waals surface area contributed by atoms with E-state index in [0.717, 1.165) is 52.8 Å². The Kier molecular flexibility index (Phi) is 11.6. The highest BCUT2D eigenvalue weighted by Gasteiger charge is 2.25. The Hall–Kier alpha value is -6.52. The zero-order chi connectivity index (χ0) is 42.0. The van der Waals surface area contributed by atoms with Gasteiger partial charge < -0.3 is 24.9 Å². The molecule has 4 amide bonds. The van der Waals surface area contributed by atoms with Gasteiger partial charge in [-0.25, -0.2) is 14.8 Å². The molecule has 17 heteroatoms. The van der Waals surface area contributed by atoms with Gasteiger partial charge in [-0.1, -0.05) is 18.6 Å². The van der Waals surface area contributed by atoms with Crippen LogP contribution in [0.3, 0.4) is 0 Å². The van der Waals surface area contributed by atoms with Crippen LogP contribution >= 0.6 is 0 Å². The van der Waals surface area contributed by atoms with E-state index in [-0.39, 0.29) is 18.4 Å². The minimum Gasteiger partial charge on any atom is -0.444 e. The van der Waals surface area contributed by atoms with Crippen molar-refractivity contribution in [1.29, 1.82) is 0 Å². The summed E-state index contributed by atoms with van der Waals surface area (Å²) in [5.41, 5.74) is 12.0. The average Bonchev–Trinajstić information content (AvgIpc) is 3.92. The molecule has 0 saturated heterocycles. The lowest BCUT2D eigenvalue weighted by Gasteiger charge is -2.19. The van der Waals surface area contributed by atoms with Crippen LogP contribution in [-0.2, 0) is 43.9 Å². The van der Waals surface area contributed by atoms with E-state index >= 15 is 0 Å². The molecule has 59 heavy (non-hydrogen) atoms. The molecule has 5 N–H and O–H groups in total. The maximum Gasteiger partial charge on any atom is 0.407 e. The number of fused-ring (bicyclic) bond motifs is 8. The van der Waals surface area contributed by atoms with Crippen molar-refractivity contribution in [1.82, 2.24) is 44.0 Å². The number of rotatable bonds is 4. The first-order valence-corrected chi connectivity index (χ1v) is 20.2. The molecule has 2 aromatic carbocycles. The number of nitrogens with two attached hydrogens (primary N) is 1. The summed E-state index contributed by atoms with van der Waals surface area (Å²) in [6.45, 7) is 13.3. The highest BCUT2D eigenvalue weighted by molar-refractivity contribution is 6.05. The monoisotopic (exact) mass is 804 g/mol. The third-order valence-electron chi connectivity index (χ3n) is 10.4. The summed E-state index contributed by atoms with van der Waals surface area (Å²) in [5.74, 6) is -0.504. The first-order valence-electron chi connectivity index (χ1n) is 20.2. The number of primary amides is 1. The molecular formula is C42H52N12O5. The molecule has 1 aliphatic heterocycles. The van der Waals surface area contributed by atoms with Gasteiger partial charge in [-0.2, -0.15) is 10.2 Å². The second-order valence-electron chi connectivity index (χ2n) is 15.9.